The average Bonchev–Trinajstić information content (AvgIpc) is 2.86. The van der Waals surface area contributed by atoms with Gasteiger partial charge in [0.15, 0.2) is 5.79 Å². The summed E-state index contributed by atoms with van der Waals surface area (Å²) in [5.74, 6) is -3.11. The first-order chi connectivity index (χ1) is 9.10. The largest absolute Gasteiger partial charge is 0.348 e. The Morgan fingerprint density at radius 2 is 1.79 bits per heavy atom. The second kappa shape index (κ2) is 4.85. The van der Waals surface area contributed by atoms with Crippen molar-refractivity contribution in [2.24, 2.45) is 5.92 Å². The highest BCUT2D eigenvalue weighted by Crippen LogP contribution is 2.48. The van der Waals surface area contributed by atoms with E-state index in [1.807, 2.05) is 30.3 Å². The van der Waals surface area contributed by atoms with E-state index in [9.17, 15) is 10.2 Å². The van der Waals surface area contributed by atoms with Gasteiger partial charge in [0.2, 0.25) is 0 Å². The van der Waals surface area contributed by atoms with Gasteiger partial charge in [0.1, 0.15) is 0 Å². The van der Waals surface area contributed by atoms with Gasteiger partial charge < -0.3 is 24.4 Å². The van der Waals surface area contributed by atoms with Gasteiger partial charge in [-0.25, -0.2) is 0 Å². The fourth-order valence-corrected chi connectivity index (χ4v) is 2.57. The van der Waals surface area contributed by atoms with Crippen molar-refractivity contribution in [1.29, 1.82) is 0 Å². The minimum absolute atomic E-state index is 0.166. The molecule has 2 N–H and O–H groups in total. The third kappa shape index (κ3) is 2.66. The Morgan fingerprint density at radius 3 is 2.42 bits per heavy atom. The van der Waals surface area contributed by atoms with Gasteiger partial charge in [0, 0.05) is 12.8 Å². The summed E-state index contributed by atoms with van der Waals surface area (Å²) in [7, 11) is 0. The second-order valence-electron chi connectivity index (χ2n) is 5.15. The maximum atomic E-state index is 9.96. The Labute approximate surface area is 111 Å². The molecule has 1 saturated heterocycles. The summed E-state index contributed by atoms with van der Waals surface area (Å²) in [5, 5.41) is 19.9. The highest BCUT2D eigenvalue weighted by atomic mass is 16.8. The van der Waals surface area contributed by atoms with E-state index >= 15 is 0 Å². The molecule has 1 aromatic rings. The number of rotatable bonds is 4. The first-order valence-electron chi connectivity index (χ1n) is 6.50. The molecule has 1 aliphatic carbocycles. The molecular formula is C14H18O5. The molecule has 1 saturated carbocycles. The molecule has 0 bridgehead atoms. The van der Waals surface area contributed by atoms with Gasteiger partial charge in [0.05, 0.1) is 25.7 Å². The van der Waals surface area contributed by atoms with Crippen molar-refractivity contribution in [3.8, 4) is 0 Å². The fourth-order valence-electron chi connectivity index (χ4n) is 2.57. The Bertz CT molecular complexity index is 417. The predicted octanol–water partition coefficient (Wildman–Crippen LogP) is 0.995. The summed E-state index contributed by atoms with van der Waals surface area (Å²) >= 11 is 0. The van der Waals surface area contributed by atoms with E-state index in [1.165, 1.54) is 0 Å². The molecule has 5 nitrogen and oxygen atoms in total. The van der Waals surface area contributed by atoms with Gasteiger partial charge in [-0.3, -0.25) is 0 Å². The molecule has 1 heterocycles. The third-order valence-electron chi connectivity index (χ3n) is 3.75. The van der Waals surface area contributed by atoms with Crippen LogP contribution in [0.5, 0.6) is 0 Å². The van der Waals surface area contributed by atoms with Crippen LogP contribution in [0.2, 0.25) is 0 Å². The molecule has 0 unspecified atom stereocenters. The van der Waals surface area contributed by atoms with E-state index in [1.54, 1.807) is 0 Å². The zero-order valence-electron chi connectivity index (χ0n) is 10.6. The second-order valence-corrected chi connectivity index (χ2v) is 5.15. The lowest BCUT2D eigenvalue weighted by molar-refractivity contribution is -0.409. The minimum Gasteiger partial charge on any atom is -0.348 e. The van der Waals surface area contributed by atoms with E-state index < -0.39 is 11.8 Å². The average molecular weight is 266 g/mol. The minimum atomic E-state index is -2.13. The first kappa shape index (κ1) is 13.0. The summed E-state index contributed by atoms with van der Waals surface area (Å²) in [6.07, 6.45) is 0.906. The zero-order valence-corrected chi connectivity index (χ0v) is 10.6. The normalized spacial score (nSPS) is 22.6. The smallest absolute Gasteiger partial charge is 0.281 e. The molecule has 0 amide bonds. The Kier molecular flexibility index (Phi) is 3.32. The van der Waals surface area contributed by atoms with Crippen LogP contribution in [0.15, 0.2) is 30.3 Å². The summed E-state index contributed by atoms with van der Waals surface area (Å²) in [4.78, 5) is 0. The zero-order chi connectivity index (χ0) is 13.3. The summed E-state index contributed by atoms with van der Waals surface area (Å²) in [6, 6.07) is 9.42. The quantitative estimate of drug-likeness (QED) is 0.796. The topological polar surface area (TPSA) is 68.2 Å². The number of benzene rings is 1. The van der Waals surface area contributed by atoms with Crippen LogP contribution in [0.3, 0.4) is 0 Å². The van der Waals surface area contributed by atoms with Gasteiger partial charge in [-0.1, -0.05) is 30.3 Å². The monoisotopic (exact) mass is 266 g/mol. The van der Waals surface area contributed by atoms with Crippen LogP contribution in [0.25, 0.3) is 0 Å². The van der Waals surface area contributed by atoms with Crippen molar-refractivity contribution < 1.29 is 24.4 Å². The lowest BCUT2D eigenvalue weighted by Gasteiger charge is -2.47. The molecule has 0 atom stereocenters. The van der Waals surface area contributed by atoms with Gasteiger partial charge in [-0.2, -0.15) is 0 Å². The maximum absolute atomic E-state index is 9.96. The molecule has 1 spiro atoms. The number of hydrogen-bond donors (Lipinski definition) is 2. The van der Waals surface area contributed by atoms with Gasteiger partial charge in [0.25, 0.3) is 5.97 Å². The van der Waals surface area contributed by atoms with Crippen molar-refractivity contribution in [3.63, 3.8) is 0 Å². The lowest BCUT2D eigenvalue weighted by Crippen LogP contribution is -2.56. The maximum Gasteiger partial charge on any atom is 0.281 e. The Balaban J connectivity index is 1.53. The molecule has 0 radical (unpaired) electrons. The Hall–Kier alpha value is -0.980. The van der Waals surface area contributed by atoms with E-state index in [4.69, 9.17) is 14.2 Å². The summed E-state index contributed by atoms with van der Waals surface area (Å²) in [5.41, 5.74) is 0.900. The van der Waals surface area contributed by atoms with E-state index in [2.05, 4.69) is 0 Å². The molecule has 2 aliphatic rings. The van der Waals surface area contributed by atoms with Crippen molar-refractivity contribution in [2.45, 2.75) is 31.2 Å². The molecule has 0 aromatic heterocycles. The van der Waals surface area contributed by atoms with Crippen LogP contribution >= 0.6 is 0 Å². The molecular weight excluding hydrogens is 248 g/mol. The summed E-state index contributed by atoms with van der Waals surface area (Å²) < 4.78 is 16.2. The van der Waals surface area contributed by atoms with Crippen LogP contribution in [-0.4, -0.2) is 35.2 Å². The van der Waals surface area contributed by atoms with Crippen molar-refractivity contribution in [3.05, 3.63) is 35.9 Å². The van der Waals surface area contributed by atoms with Crippen LogP contribution in [-0.2, 0) is 20.8 Å². The molecule has 2 fully saturated rings. The number of ether oxygens (including phenoxy) is 3. The van der Waals surface area contributed by atoms with Crippen LogP contribution in [0, 0.1) is 5.92 Å². The standard InChI is InChI=1S/C14H18O5/c15-14(16,19-10-11-4-2-1-3-5-11)12-8-13(9-12)17-6-7-18-13/h1-5,12,15-16H,6-10H2. The molecule has 1 aromatic carbocycles. The molecule has 3 rings (SSSR count). The Morgan fingerprint density at radius 1 is 1.16 bits per heavy atom. The summed E-state index contributed by atoms with van der Waals surface area (Å²) in [6.45, 7) is 1.31. The van der Waals surface area contributed by atoms with Crippen LogP contribution in [0.1, 0.15) is 18.4 Å². The van der Waals surface area contributed by atoms with Gasteiger partial charge >= 0.3 is 0 Å². The van der Waals surface area contributed by atoms with E-state index in [0.29, 0.717) is 26.1 Å². The van der Waals surface area contributed by atoms with Crippen molar-refractivity contribution in [2.75, 3.05) is 13.2 Å². The fraction of sp³-hybridized carbons (Fsp3) is 0.571. The van der Waals surface area contributed by atoms with Crippen LogP contribution < -0.4 is 0 Å². The SMILES string of the molecule is OC(O)(OCc1ccccc1)C1CC2(C1)OCCO2. The highest BCUT2D eigenvalue weighted by molar-refractivity contribution is 5.13. The first-order valence-corrected chi connectivity index (χ1v) is 6.50. The van der Waals surface area contributed by atoms with Crippen molar-refractivity contribution >= 4 is 0 Å². The molecule has 104 valence electrons. The number of hydrogen-bond acceptors (Lipinski definition) is 5. The van der Waals surface area contributed by atoms with E-state index in [0.717, 1.165) is 5.56 Å². The predicted molar refractivity (Wildman–Crippen MR) is 65.8 cm³/mol. The van der Waals surface area contributed by atoms with E-state index in [-0.39, 0.29) is 12.5 Å². The van der Waals surface area contributed by atoms with Gasteiger partial charge in [-0.15, -0.1) is 0 Å². The molecule has 19 heavy (non-hydrogen) atoms. The van der Waals surface area contributed by atoms with Crippen LogP contribution in [0.4, 0.5) is 0 Å². The molecule has 1 aliphatic heterocycles. The lowest BCUT2D eigenvalue weighted by atomic mass is 9.77. The van der Waals surface area contributed by atoms with Crippen molar-refractivity contribution in [1.82, 2.24) is 0 Å². The third-order valence-corrected chi connectivity index (χ3v) is 3.75. The number of aliphatic hydroxyl groups is 2. The highest BCUT2D eigenvalue weighted by Gasteiger charge is 2.57. The van der Waals surface area contributed by atoms with Gasteiger partial charge in [-0.05, 0) is 5.56 Å². The molecule has 5 heteroatoms.